The number of ether oxygens (including phenoxy) is 1. The highest BCUT2D eigenvalue weighted by molar-refractivity contribution is 5.91. The first-order valence-electron chi connectivity index (χ1n) is 4.22. The number of nitrogens with one attached hydrogen (secondary N) is 1. The standard InChI is InChI=1S/C9H13N3O2/c1-2-14-6-3-4-7(10)8(5-6)12-9(11)13/h3-5H,2,10H2,1H3,(H3,11,12,13). The van der Waals surface area contributed by atoms with E-state index >= 15 is 0 Å². The van der Waals surface area contributed by atoms with Gasteiger partial charge >= 0.3 is 6.03 Å². The molecule has 5 nitrogen and oxygen atoms in total. The van der Waals surface area contributed by atoms with Crippen molar-refractivity contribution in [2.45, 2.75) is 6.92 Å². The van der Waals surface area contributed by atoms with Crippen LogP contribution in [0.2, 0.25) is 0 Å². The fourth-order valence-electron chi connectivity index (χ4n) is 1.03. The maximum absolute atomic E-state index is 10.6. The smallest absolute Gasteiger partial charge is 0.316 e. The summed E-state index contributed by atoms with van der Waals surface area (Å²) < 4.78 is 5.24. The van der Waals surface area contributed by atoms with Crippen molar-refractivity contribution in [1.82, 2.24) is 0 Å². The third-order valence-corrected chi connectivity index (χ3v) is 1.59. The Morgan fingerprint density at radius 2 is 2.29 bits per heavy atom. The number of carbonyl (C=O) groups excluding carboxylic acids is 1. The van der Waals surface area contributed by atoms with Crippen LogP contribution in [0, 0.1) is 0 Å². The largest absolute Gasteiger partial charge is 0.494 e. The SMILES string of the molecule is CCOc1ccc(N)c(NC(N)=O)c1. The Morgan fingerprint density at radius 3 is 2.86 bits per heavy atom. The van der Waals surface area contributed by atoms with Gasteiger partial charge < -0.3 is 21.5 Å². The molecule has 0 radical (unpaired) electrons. The zero-order valence-corrected chi connectivity index (χ0v) is 7.91. The zero-order chi connectivity index (χ0) is 10.6. The molecule has 0 aromatic heterocycles. The summed E-state index contributed by atoms with van der Waals surface area (Å²) in [5.74, 6) is 0.644. The van der Waals surface area contributed by atoms with Crippen molar-refractivity contribution in [3.8, 4) is 5.75 Å². The van der Waals surface area contributed by atoms with Gasteiger partial charge in [0, 0.05) is 6.07 Å². The Balaban J connectivity index is 2.90. The quantitative estimate of drug-likeness (QED) is 0.632. The normalized spacial score (nSPS) is 9.50. The van der Waals surface area contributed by atoms with Crippen molar-refractivity contribution in [3.05, 3.63) is 18.2 Å². The summed E-state index contributed by atoms with van der Waals surface area (Å²) in [6.45, 7) is 2.43. The van der Waals surface area contributed by atoms with Crippen molar-refractivity contribution in [1.29, 1.82) is 0 Å². The Kier molecular flexibility index (Phi) is 3.17. The number of hydrogen-bond acceptors (Lipinski definition) is 3. The number of amides is 2. The zero-order valence-electron chi connectivity index (χ0n) is 7.91. The van der Waals surface area contributed by atoms with Gasteiger partial charge in [0.2, 0.25) is 0 Å². The average molecular weight is 195 g/mol. The highest BCUT2D eigenvalue weighted by Crippen LogP contribution is 2.24. The van der Waals surface area contributed by atoms with Gasteiger partial charge in [-0.05, 0) is 19.1 Å². The number of nitrogens with two attached hydrogens (primary N) is 2. The number of anilines is 2. The van der Waals surface area contributed by atoms with E-state index in [0.29, 0.717) is 23.7 Å². The van der Waals surface area contributed by atoms with Gasteiger partial charge in [0.25, 0.3) is 0 Å². The predicted molar refractivity (Wildman–Crippen MR) is 55.2 cm³/mol. The second-order valence-electron chi connectivity index (χ2n) is 2.67. The third kappa shape index (κ3) is 2.55. The van der Waals surface area contributed by atoms with Crippen LogP contribution in [0.4, 0.5) is 16.2 Å². The van der Waals surface area contributed by atoms with E-state index in [0.717, 1.165) is 0 Å². The summed E-state index contributed by atoms with van der Waals surface area (Å²) in [6.07, 6.45) is 0. The second-order valence-corrected chi connectivity index (χ2v) is 2.67. The number of rotatable bonds is 3. The lowest BCUT2D eigenvalue weighted by Gasteiger charge is -2.08. The van der Waals surface area contributed by atoms with Crippen LogP contribution in [0.5, 0.6) is 5.75 Å². The molecule has 0 unspecified atom stereocenters. The summed E-state index contributed by atoms with van der Waals surface area (Å²) in [4.78, 5) is 10.6. The van der Waals surface area contributed by atoms with Gasteiger partial charge in [0.05, 0.1) is 18.0 Å². The number of carbonyl (C=O) groups is 1. The van der Waals surface area contributed by atoms with Crippen molar-refractivity contribution in [2.75, 3.05) is 17.7 Å². The van der Waals surface area contributed by atoms with Crippen LogP contribution >= 0.6 is 0 Å². The molecular formula is C9H13N3O2. The molecule has 2 amide bonds. The molecular weight excluding hydrogens is 182 g/mol. The average Bonchev–Trinajstić information content (AvgIpc) is 2.10. The molecule has 0 saturated carbocycles. The van der Waals surface area contributed by atoms with E-state index in [9.17, 15) is 4.79 Å². The molecule has 1 aromatic rings. The summed E-state index contributed by atoms with van der Waals surface area (Å²) in [7, 11) is 0. The molecule has 0 aliphatic carbocycles. The molecule has 0 fully saturated rings. The van der Waals surface area contributed by atoms with E-state index < -0.39 is 6.03 Å². The Morgan fingerprint density at radius 1 is 1.57 bits per heavy atom. The number of urea groups is 1. The van der Waals surface area contributed by atoms with Crippen LogP contribution in [0.3, 0.4) is 0 Å². The van der Waals surface area contributed by atoms with Gasteiger partial charge in [0.15, 0.2) is 0 Å². The maximum Gasteiger partial charge on any atom is 0.316 e. The van der Waals surface area contributed by atoms with Gasteiger partial charge in [-0.2, -0.15) is 0 Å². The van der Waals surface area contributed by atoms with Gasteiger partial charge in [-0.25, -0.2) is 4.79 Å². The molecule has 5 heteroatoms. The van der Waals surface area contributed by atoms with Crippen LogP contribution in [0.1, 0.15) is 6.92 Å². The Bertz CT molecular complexity index is 339. The molecule has 0 spiro atoms. The molecule has 0 aliphatic heterocycles. The van der Waals surface area contributed by atoms with E-state index in [-0.39, 0.29) is 0 Å². The number of primary amides is 1. The molecule has 0 saturated heterocycles. The third-order valence-electron chi connectivity index (χ3n) is 1.59. The molecule has 76 valence electrons. The highest BCUT2D eigenvalue weighted by atomic mass is 16.5. The first-order valence-corrected chi connectivity index (χ1v) is 4.22. The van der Waals surface area contributed by atoms with Crippen molar-refractivity contribution in [3.63, 3.8) is 0 Å². The minimum atomic E-state index is -0.648. The summed E-state index contributed by atoms with van der Waals surface area (Å²) in [5.41, 5.74) is 11.5. The Labute approximate surface area is 82.0 Å². The molecule has 0 heterocycles. The summed E-state index contributed by atoms with van der Waals surface area (Å²) in [6, 6.07) is 4.36. The van der Waals surface area contributed by atoms with Crippen molar-refractivity contribution in [2.24, 2.45) is 5.73 Å². The molecule has 0 atom stereocenters. The van der Waals surface area contributed by atoms with Crippen LogP contribution < -0.4 is 21.5 Å². The first kappa shape index (κ1) is 10.2. The van der Waals surface area contributed by atoms with E-state index in [1.165, 1.54) is 0 Å². The lowest BCUT2D eigenvalue weighted by molar-refractivity contribution is 0.259. The van der Waals surface area contributed by atoms with Gasteiger partial charge in [-0.3, -0.25) is 0 Å². The highest BCUT2D eigenvalue weighted by Gasteiger charge is 2.03. The molecule has 0 aliphatic rings. The second kappa shape index (κ2) is 4.36. The van der Waals surface area contributed by atoms with E-state index in [2.05, 4.69) is 5.32 Å². The lowest BCUT2D eigenvalue weighted by Crippen LogP contribution is -2.20. The lowest BCUT2D eigenvalue weighted by atomic mass is 10.2. The number of hydrogen-bond donors (Lipinski definition) is 3. The van der Waals surface area contributed by atoms with Crippen LogP contribution in [-0.2, 0) is 0 Å². The van der Waals surface area contributed by atoms with E-state index in [4.69, 9.17) is 16.2 Å². The molecule has 14 heavy (non-hydrogen) atoms. The minimum absolute atomic E-state index is 0.451. The van der Waals surface area contributed by atoms with E-state index in [1.807, 2.05) is 6.92 Å². The Hall–Kier alpha value is -1.91. The molecule has 1 aromatic carbocycles. The first-order chi connectivity index (χ1) is 6.63. The van der Waals surface area contributed by atoms with Crippen molar-refractivity contribution >= 4 is 17.4 Å². The summed E-state index contributed by atoms with van der Waals surface area (Å²) >= 11 is 0. The number of benzene rings is 1. The van der Waals surface area contributed by atoms with Crippen LogP contribution in [0.25, 0.3) is 0 Å². The predicted octanol–water partition coefficient (Wildman–Crippen LogP) is 1.16. The van der Waals surface area contributed by atoms with Crippen molar-refractivity contribution < 1.29 is 9.53 Å². The monoisotopic (exact) mass is 195 g/mol. The molecule has 5 N–H and O–H groups in total. The van der Waals surface area contributed by atoms with E-state index in [1.54, 1.807) is 18.2 Å². The maximum atomic E-state index is 10.6. The molecule has 1 rings (SSSR count). The fourth-order valence-corrected chi connectivity index (χ4v) is 1.03. The summed E-state index contributed by atoms with van der Waals surface area (Å²) in [5, 5.41) is 2.41. The topological polar surface area (TPSA) is 90.4 Å². The van der Waals surface area contributed by atoms with Gasteiger partial charge in [0.1, 0.15) is 5.75 Å². The van der Waals surface area contributed by atoms with Gasteiger partial charge in [-0.15, -0.1) is 0 Å². The fraction of sp³-hybridized carbons (Fsp3) is 0.222. The number of nitrogen functional groups attached to an aromatic ring is 1. The molecule has 0 bridgehead atoms. The van der Waals surface area contributed by atoms with Crippen LogP contribution in [0.15, 0.2) is 18.2 Å². The minimum Gasteiger partial charge on any atom is -0.494 e. The van der Waals surface area contributed by atoms with Gasteiger partial charge in [-0.1, -0.05) is 0 Å². The van der Waals surface area contributed by atoms with Crippen LogP contribution in [-0.4, -0.2) is 12.6 Å².